The number of hydrogen-bond donors (Lipinski definition) is 0. The molecule has 0 fully saturated rings. The van der Waals surface area contributed by atoms with E-state index in [2.05, 4.69) is 42.7 Å². The average Bonchev–Trinajstić information content (AvgIpc) is 3.16. The van der Waals surface area contributed by atoms with Gasteiger partial charge in [-0.25, -0.2) is 4.99 Å². The lowest BCUT2D eigenvalue weighted by Crippen LogP contribution is -1.88. The largest absolute Gasteiger partial charge is 0.468 e. The predicted molar refractivity (Wildman–Crippen MR) is 110 cm³/mol. The van der Waals surface area contributed by atoms with E-state index >= 15 is 0 Å². The molecule has 0 saturated carbocycles. The van der Waals surface area contributed by atoms with Gasteiger partial charge in [-0.1, -0.05) is 59.4 Å². The Balaban J connectivity index is 1.72. The lowest BCUT2D eigenvalue weighted by atomic mass is 10.2. The monoisotopic (exact) mass is 365 g/mol. The van der Waals surface area contributed by atoms with Crippen LogP contribution in [0, 0.1) is 6.92 Å². The van der Waals surface area contributed by atoms with E-state index in [1.54, 1.807) is 29.8 Å². The van der Waals surface area contributed by atoms with E-state index in [0.29, 0.717) is 0 Å². The molecule has 1 aromatic heterocycles. The van der Waals surface area contributed by atoms with Crippen LogP contribution >= 0.6 is 23.5 Å². The summed E-state index contributed by atoms with van der Waals surface area (Å²) in [4.78, 5) is 5.98. The molecular formula is C21H19NOS2. The van der Waals surface area contributed by atoms with Gasteiger partial charge < -0.3 is 4.42 Å². The van der Waals surface area contributed by atoms with Crippen LogP contribution in [0.1, 0.15) is 11.3 Å². The summed E-state index contributed by atoms with van der Waals surface area (Å²) in [6, 6.07) is 22.5. The van der Waals surface area contributed by atoms with Crippen molar-refractivity contribution in [2.45, 2.75) is 17.6 Å². The smallest absolute Gasteiger partial charge is 0.114 e. The van der Waals surface area contributed by atoms with Crippen molar-refractivity contribution >= 4 is 34.3 Å². The Labute approximate surface area is 157 Å². The zero-order valence-electron chi connectivity index (χ0n) is 14.0. The molecule has 0 unspecified atom stereocenters. The van der Waals surface area contributed by atoms with Gasteiger partial charge in [0.1, 0.15) is 5.76 Å². The van der Waals surface area contributed by atoms with E-state index in [9.17, 15) is 0 Å². The molecule has 0 radical (unpaired) electrons. The average molecular weight is 366 g/mol. The molecule has 0 N–H and O–H groups in total. The van der Waals surface area contributed by atoms with Crippen LogP contribution in [-0.2, 0) is 5.75 Å². The molecule has 0 spiro atoms. The molecule has 0 saturated heterocycles. The summed E-state index contributed by atoms with van der Waals surface area (Å²) >= 11 is 3.36. The van der Waals surface area contributed by atoms with Crippen LogP contribution in [0.4, 0.5) is 5.69 Å². The van der Waals surface area contributed by atoms with Crippen molar-refractivity contribution in [3.63, 3.8) is 0 Å². The zero-order valence-corrected chi connectivity index (χ0v) is 15.6. The highest BCUT2D eigenvalue weighted by atomic mass is 32.2. The fourth-order valence-electron chi connectivity index (χ4n) is 2.07. The van der Waals surface area contributed by atoms with Crippen LogP contribution in [-0.4, -0.2) is 5.04 Å². The molecule has 2 nitrogen and oxygen atoms in total. The van der Waals surface area contributed by atoms with Crippen LogP contribution in [0.25, 0.3) is 0 Å². The molecule has 0 bridgehead atoms. The van der Waals surface area contributed by atoms with Gasteiger partial charge in [0, 0.05) is 4.90 Å². The number of aryl methyl sites for hydroxylation is 1. The summed E-state index contributed by atoms with van der Waals surface area (Å²) in [5.74, 6) is 1.71. The quantitative estimate of drug-likeness (QED) is 0.271. The molecule has 0 aliphatic heterocycles. The fraction of sp³-hybridized carbons (Fsp3) is 0.0952. The molecule has 0 atom stereocenters. The van der Waals surface area contributed by atoms with Gasteiger partial charge in [-0.15, -0.1) is 0 Å². The lowest BCUT2D eigenvalue weighted by Gasteiger charge is -2.02. The van der Waals surface area contributed by atoms with E-state index in [-0.39, 0.29) is 0 Å². The first kappa shape index (κ1) is 17.6. The number of hydrogen-bond acceptors (Lipinski definition) is 4. The second-order valence-electron chi connectivity index (χ2n) is 5.39. The first-order valence-corrected chi connectivity index (χ1v) is 9.85. The molecule has 3 aromatic rings. The number of aliphatic imine (C=N–C) groups is 1. The Morgan fingerprint density at radius 2 is 1.80 bits per heavy atom. The van der Waals surface area contributed by atoms with Gasteiger partial charge in [0.05, 0.1) is 22.7 Å². The third-order valence-corrected chi connectivity index (χ3v) is 5.14. The van der Waals surface area contributed by atoms with E-state index in [1.807, 2.05) is 42.5 Å². The molecule has 3 rings (SSSR count). The summed E-state index contributed by atoms with van der Waals surface area (Å²) in [5.41, 5.74) is 2.20. The minimum absolute atomic E-state index is 0.762. The van der Waals surface area contributed by atoms with Gasteiger partial charge in [-0.05, 0) is 54.8 Å². The molecular weight excluding hydrogens is 346 g/mol. The van der Waals surface area contributed by atoms with E-state index in [1.165, 1.54) is 10.5 Å². The van der Waals surface area contributed by atoms with Crippen LogP contribution in [0.5, 0.6) is 0 Å². The normalized spacial score (nSPS) is 12.0. The van der Waals surface area contributed by atoms with Crippen molar-refractivity contribution in [1.29, 1.82) is 0 Å². The number of thioether (sulfide) groups is 2. The molecule has 25 heavy (non-hydrogen) atoms. The third-order valence-electron chi connectivity index (χ3n) is 3.37. The molecule has 0 aliphatic carbocycles. The van der Waals surface area contributed by atoms with E-state index < -0.39 is 0 Å². The first-order chi connectivity index (χ1) is 12.3. The highest BCUT2D eigenvalue weighted by Crippen LogP contribution is 2.23. The van der Waals surface area contributed by atoms with Crippen molar-refractivity contribution in [3.8, 4) is 0 Å². The summed E-state index contributed by atoms with van der Waals surface area (Å²) in [6.07, 6.45) is 3.76. The minimum atomic E-state index is 0.762. The minimum Gasteiger partial charge on any atom is -0.468 e. The number of benzene rings is 2. The van der Waals surface area contributed by atoms with Crippen molar-refractivity contribution < 1.29 is 4.42 Å². The van der Waals surface area contributed by atoms with Gasteiger partial charge >= 0.3 is 0 Å². The van der Waals surface area contributed by atoms with Gasteiger partial charge in [0.15, 0.2) is 0 Å². The Kier molecular flexibility index (Phi) is 6.60. The molecule has 126 valence electrons. The Hall–Kier alpha value is -2.17. The van der Waals surface area contributed by atoms with Gasteiger partial charge in [0.25, 0.3) is 0 Å². The maximum atomic E-state index is 5.42. The Morgan fingerprint density at radius 3 is 2.52 bits per heavy atom. The summed E-state index contributed by atoms with van der Waals surface area (Å²) < 4.78 is 5.42. The first-order valence-electron chi connectivity index (χ1n) is 7.98. The lowest BCUT2D eigenvalue weighted by molar-refractivity contribution is 0.530. The molecule has 0 aliphatic rings. The zero-order chi connectivity index (χ0) is 17.3. The third kappa shape index (κ3) is 6.00. The molecule has 1 heterocycles. The Bertz CT molecular complexity index is 822. The Morgan fingerprint density at radius 1 is 1.00 bits per heavy atom. The second kappa shape index (κ2) is 9.35. The second-order valence-corrected chi connectivity index (χ2v) is 7.36. The van der Waals surface area contributed by atoms with Crippen molar-refractivity contribution in [1.82, 2.24) is 0 Å². The van der Waals surface area contributed by atoms with Gasteiger partial charge in [-0.2, -0.15) is 0 Å². The van der Waals surface area contributed by atoms with Crippen molar-refractivity contribution in [2.24, 2.45) is 4.99 Å². The van der Waals surface area contributed by atoms with Crippen molar-refractivity contribution in [2.75, 3.05) is 0 Å². The van der Waals surface area contributed by atoms with E-state index in [4.69, 9.17) is 9.41 Å². The topological polar surface area (TPSA) is 25.5 Å². The predicted octanol–water partition coefficient (Wildman–Crippen LogP) is 6.86. The van der Waals surface area contributed by atoms with Gasteiger partial charge in [-0.3, -0.25) is 0 Å². The maximum Gasteiger partial charge on any atom is 0.114 e. The molecule has 4 heteroatoms. The number of nitrogens with zero attached hydrogens (tertiary/aromatic N) is 1. The van der Waals surface area contributed by atoms with Crippen LogP contribution in [0.3, 0.4) is 0 Å². The summed E-state index contributed by atoms with van der Waals surface area (Å²) in [5, 5.41) is 3.04. The highest BCUT2D eigenvalue weighted by molar-refractivity contribution is 8.13. The summed E-state index contributed by atoms with van der Waals surface area (Å²) in [6.45, 7) is 2.08. The summed E-state index contributed by atoms with van der Waals surface area (Å²) in [7, 11) is 0. The van der Waals surface area contributed by atoms with Crippen LogP contribution < -0.4 is 0 Å². The van der Waals surface area contributed by atoms with E-state index in [0.717, 1.165) is 22.2 Å². The van der Waals surface area contributed by atoms with Gasteiger partial charge in [0.2, 0.25) is 0 Å². The maximum absolute atomic E-state index is 5.42. The highest BCUT2D eigenvalue weighted by Gasteiger charge is 2.02. The number of furan rings is 1. The fourth-order valence-corrected chi connectivity index (χ4v) is 3.62. The van der Waals surface area contributed by atoms with Crippen LogP contribution in [0.2, 0.25) is 0 Å². The van der Waals surface area contributed by atoms with Crippen molar-refractivity contribution in [3.05, 3.63) is 95.8 Å². The molecule has 0 amide bonds. The SMILES string of the molecule is Cc1ccc(N=C(C=CSc2ccccc2)SCc2ccco2)cc1. The molecule has 2 aromatic carbocycles. The standard InChI is InChI=1S/C21H19NOS2/c1-17-9-11-18(12-10-17)22-21(25-16-19-6-5-14-23-19)13-15-24-20-7-3-2-4-8-20/h2-15H,16H2,1H3. The number of rotatable bonds is 6. The van der Waals surface area contributed by atoms with Crippen LogP contribution in [0.15, 0.2) is 98.8 Å².